The van der Waals surface area contributed by atoms with Crippen molar-refractivity contribution < 1.29 is 13.9 Å². The number of nitrogens with zero attached hydrogens (tertiary/aromatic N) is 1. The van der Waals surface area contributed by atoms with Gasteiger partial charge in [0.2, 0.25) is 0 Å². The van der Waals surface area contributed by atoms with Gasteiger partial charge < -0.3 is 4.74 Å². The van der Waals surface area contributed by atoms with Gasteiger partial charge in [0.1, 0.15) is 6.61 Å². The molecule has 1 aromatic carbocycles. The molecule has 0 unspecified atom stereocenters. The molecule has 0 fully saturated rings. The summed E-state index contributed by atoms with van der Waals surface area (Å²) in [6, 6.07) is 2.69. The van der Waals surface area contributed by atoms with Crippen LogP contribution in [0.5, 0.6) is 0 Å². The number of anilines is 1. The second-order valence-corrected chi connectivity index (χ2v) is 4.03. The molecule has 0 saturated heterocycles. The number of hydrazone groups is 1. The second kappa shape index (κ2) is 7.18. The zero-order valence-corrected chi connectivity index (χ0v) is 11.1. The molecule has 0 heterocycles. The fourth-order valence-electron chi connectivity index (χ4n) is 1.01. The van der Waals surface area contributed by atoms with Gasteiger partial charge in [0.25, 0.3) is 0 Å². The highest BCUT2D eigenvalue weighted by atomic mass is 35.5. The van der Waals surface area contributed by atoms with Crippen LogP contribution in [-0.4, -0.2) is 18.8 Å². The minimum absolute atomic E-state index is 0.0579. The molecule has 0 aromatic heterocycles. The van der Waals surface area contributed by atoms with E-state index in [1.165, 1.54) is 18.3 Å². The van der Waals surface area contributed by atoms with Crippen molar-refractivity contribution in [3.8, 4) is 0 Å². The van der Waals surface area contributed by atoms with E-state index in [0.717, 1.165) is 0 Å². The lowest BCUT2D eigenvalue weighted by molar-refractivity contribution is -0.141. The van der Waals surface area contributed by atoms with E-state index < -0.39 is 5.82 Å². The van der Waals surface area contributed by atoms with Gasteiger partial charge in [0, 0.05) is 6.42 Å². The largest absolute Gasteiger partial charge is 0.460 e. The average Bonchev–Trinajstić information content (AvgIpc) is 2.35. The summed E-state index contributed by atoms with van der Waals surface area (Å²) in [5.41, 5.74) is 3.02. The molecule has 0 bridgehead atoms. The van der Waals surface area contributed by atoms with Crippen molar-refractivity contribution in [2.75, 3.05) is 12.0 Å². The number of hydrogen-bond acceptors (Lipinski definition) is 4. The predicted octanol–water partition coefficient (Wildman–Crippen LogP) is 3.48. The third kappa shape index (κ3) is 4.50. The Morgan fingerprint density at radius 2 is 2.11 bits per heavy atom. The molecule has 4 nitrogen and oxygen atoms in total. The van der Waals surface area contributed by atoms with Gasteiger partial charge in [0.15, 0.2) is 5.82 Å². The van der Waals surface area contributed by atoms with Gasteiger partial charge in [-0.3, -0.25) is 10.2 Å². The number of hydrogen-bond donors (Lipinski definition) is 1. The number of benzene rings is 1. The molecule has 0 aliphatic carbocycles. The van der Waals surface area contributed by atoms with Crippen molar-refractivity contribution >= 4 is 41.1 Å². The fraction of sp³-hybridized carbons (Fsp3) is 0.273. The Morgan fingerprint density at radius 3 is 2.67 bits per heavy atom. The molecule has 0 radical (unpaired) electrons. The number of carbonyl (C=O) groups excluding carboxylic acids is 1. The second-order valence-electron chi connectivity index (χ2n) is 3.21. The molecular weight excluding hydrogens is 282 g/mol. The Labute approximate surface area is 114 Å². The fourth-order valence-corrected chi connectivity index (χ4v) is 1.50. The lowest BCUT2D eigenvalue weighted by atomic mass is 10.3. The van der Waals surface area contributed by atoms with Crippen LogP contribution in [0.2, 0.25) is 10.0 Å². The van der Waals surface area contributed by atoms with E-state index in [4.69, 9.17) is 27.9 Å². The lowest BCUT2D eigenvalue weighted by Gasteiger charge is -2.03. The predicted molar refractivity (Wildman–Crippen MR) is 69.8 cm³/mol. The minimum Gasteiger partial charge on any atom is -0.460 e. The first-order valence-electron chi connectivity index (χ1n) is 5.12. The van der Waals surface area contributed by atoms with Crippen molar-refractivity contribution in [3.05, 3.63) is 28.0 Å². The summed E-state index contributed by atoms with van der Waals surface area (Å²) in [5.74, 6) is -0.987. The summed E-state index contributed by atoms with van der Waals surface area (Å²) in [5, 5.41) is 3.57. The number of carbonyl (C=O) groups is 1. The third-order valence-corrected chi connectivity index (χ3v) is 2.43. The quantitative estimate of drug-likeness (QED) is 0.391. The van der Waals surface area contributed by atoms with Crippen LogP contribution >= 0.6 is 23.2 Å². The van der Waals surface area contributed by atoms with E-state index >= 15 is 0 Å². The summed E-state index contributed by atoms with van der Waals surface area (Å²) < 4.78 is 17.8. The van der Waals surface area contributed by atoms with E-state index in [1.807, 2.05) is 0 Å². The van der Waals surface area contributed by atoms with Crippen molar-refractivity contribution in [2.24, 2.45) is 5.10 Å². The molecule has 1 aromatic rings. The number of rotatable bonds is 5. The van der Waals surface area contributed by atoms with Gasteiger partial charge in [-0.2, -0.15) is 5.10 Å². The first-order valence-corrected chi connectivity index (χ1v) is 5.88. The van der Waals surface area contributed by atoms with Gasteiger partial charge in [-0.15, -0.1) is 0 Å². The van der Waals surface area contributed by atoms with Crippen LogP contribution in [0.3, 0.4) is 0 Å². The van der Waals surface area contributed by atoms with Crippen molar-refractivity contribution in [1.29, 1.82) is 0 Å². The highest BCUT2D eigenvalue weighted by molar-refractivity contribution is 6.35. The van der Waals surface area contributed by atoms with Crippen LogP contribution < -0.4 is 5.43 Å². The van der Waals surface area contributed by atoms with Crippen LogP contribution in [0.15, 0.2) is 17.2 Å². The molecule has 18 heavy (non-hydrogen) atoms. The Morgan fingerprint density at radius 1 is 1.50 bits per heavy atom. The molecule has 1 rings (SSSR count). The Balaban J connectivity index is 2.49. The Bertz CT molecular complexity index is 443. The molecule has 0 saturated carbocycles. The molecule has 0 aliphatic heterocycles. The Hall–Kier alpha value is -1.33. The summed E-state index contributed by atoms with van der Waals surface area (Å²) in [6.45, 7) is 1.75. The van der Waals surface area contributed by atoms with Gasteiger partial charge in [-0.05, 0) is 12.1 Å². The highest BCUT2D eigenvalue weighted by Gasteiger charge is 2.06. The Kier molecular flexibility index (Phi) is 5.88. The van der Waals surface area contributed by atoms with Crippen molar-refractivity contribution in [3.63, 3.8) is 0 Å². The summed E-state index contributed by atoms with van der Waals surface area (Å²) in [4.78, 5) is 10.8. The van der Waals surface area contributed by atoms with Crippen LogP contribution in [0.25, 0.3) is 0 Å². The standard InChI is InChI=1S/C11H11Cl2FN2O2/c1-2-10(17)18-4-3-15-16-7-5-8(12)11(14)9(13)6-7/h3,5-6,16H,2,4H2,1H3/b15-3-. The van der Waals surface area contributed by atoms with E-state index in [9.17, 15) is 9.18 Å². The van der Waals surface area contributed by atoms with Crippen LogP contribution in [-0.2, 0) is 9.53 Å². The van der Waals surface area contributed by atoms with E-state index in [-0.39, 0.29) is 22.6 Å². The summed E-state index contributed by atoms with van der Waals surface area (Å²) in [6.07, 6.45) is 1.67. The van der Waals surface area contributed by atoms with E-state index in [0.29, 0.717) is 12.1 Å². The normalized spacial score (nSPS) is 10.7. The first kappa shape index (κ1) is 14.7. The topological polar surface area (TPSA) is 50.7 Å². The molecular formula is C11H11Cl2FN2O2. The van der Waals surface area contributed by atoms with Gasteiger partial charge >= 0.3 is 5.97 Å². The third-order valence-electron chi connectivity index (χ3n) is 1.88. The minimum atomic E-state index is -0.676. The van der Waals surface area contributed by atoms with E-state index in [1.54, 1.807) is 6.92 Å². The zero-order valence-electron chi connectivity index (χ0n) is 9.54. The lowest BCUT2D eigenvalue weighted by Crippen LogP contribution is -2.05. The molecule has 0 atom stereocenters. The SMILES string of the molecule is CCC(=O)OC/C=N\Nc1cc(Cl)c(F)c(Cl)c1. The molecule has 98 valence electrons. The highest BCUT2D eigenvalue weighted by Crippen LogP contribution is 2.27. The van der Waals surface area contributed by atoms with Crippen molar-refractivity contribution in [1.82, 2.24) is 0 Å². The maximum Gasteiger partial charge on any atom is 0.305 e. The maximum atomic E-state index is 13.1. The number of halogens is 3. The molecule has 0 aliphatic rings. The smallest absolute Gasteiger partial charge is 0.305 e. The molecule has 0 amide bonds. The molecule has 0 spiro atoms. The monoisotopic (exact) mass is 292 g/mol. The van der Waals surface area contributed by atoms with Gasteiger partial charge in [0.05, 0.1) is 21.9 Å². The number of ether oxygens (including phenoxy) is 1. The van der Waals surface area contributed by atoms with Crippen molar-refractivity contribution in [2.45, 2.75) is 13.3 Å². The summed E-state index contributed by atoms with van der Waals surface area (Å²) >= 11 is 11.2. The zero-order chi connectivity index (χ0) is 13.5. The molecule has 7 heteroatoms. The average molecular weight is 293 g/mol. The van der Waals surface area contributed by atoms with Crippen LogP contribution in [0.1, 0.15) is 13.3 Å². The van der Waals surface area contributed by atoms with E-state index in [2.05, 4.69) is 10.5 Å². The first-order chi connectivity index (χ1) is 8.54. The molecule has 1 N–H and O–H groups in total. The van der Waals surface area contributed by atoms with Crippen LogP contribution in [0, 0.1) is 5.82 Å². The van der Waals surface area contributed by atoms with Crippen LogP contribution in [0.4, 0.5) is 10.1 Å². The number of nitrogens with one attached hydrogen (secondary N) is 1. The summed E-state index contributed by atoms with van der Waals surface area (Å²) in [7, 11) is 0. The van der Waals surface area contributed by atoms with Gasteiger partial charge in [-0.25, -0.2) is 4.39 Å². The number of esters is 1. The van der Waals surface area contributed by atoms with Gasteiger partial charge in [-0.1, -0.05) is 30.1 Å². The maximum absolute atomic E-state index is 13.1.